The van der Waals surface area contributed by atoms with Crippen molar-refractivity contribution >= 4 is 79.2 Å². The fraction of sp³-hybridized carbons (Fsp3) is 0.395. The minimum absolute atomic E-state index is 0. The maximum Gasteiger partial charge on any atom is 0.373 e. The van der Waals surface area contributed by atoms with Crippen LogP contribution in [0.1, 0.15) is 25.5 Å². The summed E-state index contributed by atoms with van der Waals surface area (Å²) in [6.45, 7) is 12.2. The molecule has 0 bridgehead atoms. The molecule has 5 aliphatic rings. The maximum atomic E-state index is 13.7. The number of halogens is 3. The average molecular weight is 947 g/mol. The molecule has 15 nitrogen and oxygen atoms in total. The van der Waals surface area contributed by atoms with E-state index in [2.05, 4.69) is 110 Å². The summed E-state index contributed by atoms with van der Waals surface area (Å²) < 4.78 is 14.6. The maximum absolute atomic E-state index is 13.7. The molecule has 7 heterocycles. The van der Waals surface area contributed by atoms with Gasteiger partial charge in [0.2, 0.25) is 11.8 Å². The molecule has 4 aliphatic heterocycles. The van der Waals surface area contributed by atoms with Crippen molar-refractivity contribution < 1.29 is 23.6 Å². The smallest absolute Gasteiger partial charge is 0.370 e. The van der Waals surface area contributed by atoms with Crippen molar-refractivity contribution in [2.24, 2.45) is 36.6 Å². The zero-order chi connectivity index (χ0) is 43.2. The second-order valence-electron chi connectivity index (χ2n) is 15.6. The highest BCUT2D eigenvalue weighted by Crippen LogP contribution is 2.41. The number of hydrogen-bond acceptors (Lipinski definition) is 15. The quantitative estimate of drug-likeness (QED) is 0.173. The van der Waals surface area contributed by atoms with Gasteiger partial charge >= 0.3 is 12.3 Å². The van der Waals surface area contributed by atoms with Crippen LogP contribution in [0.2, 0.25) is 5.02 Å². The molecule has 4 saturated heterocycles. The molecule has 1 aliphatic carbocycles. The van der Waals surface area contributed by atoms with Crippen molar-refractivity contribution in [3.63, 3.8) is 0 Å². The van der Waals surface area contributed by atoms with Crippen LogP contribution in [0, 0.1) is 42.3 Å². The van der Waals surface area contributed by atoms with Crippen LogP contribution in [0.4, 0.5) is 26.8 Å². The normalized spacial score (nSPS) is 21.6. The molecular formula is C43H46BrClFN11O4S. The SMILES string of the molecule is C.CC1C=CC(c2cnc(N3CC4CN(c5cc(F)ccc5Br)CC4C3)nc2)=C1.Cc1ccc(Cl)c(N2CC3CN(c4ncc(-c5nnn(C)n5)s4)CC3C2)c1.O=C=O.O=C=O. The Morgan fingerprint density at radius 1 is 0.790 bits per heavy atom. The number of fused-ring (bicyclic) bond motifs is 2. The highest BCUT2D eigenvalue weighted by molar-refractivity contribution is 9.10. The van der Waals surface area contributed by atoms with Gasteiger partial charge in [0.05, 0.1) is 34.5 Å². The topological polar surface area (TPSA) is 164 Å². The number of carbonyl (C=O) groups excluding carboxylic acids is 4. The molecule has 10 rings (SSSR count). The first-order valence-corrected chi connectivity index (χ1v) is 21.6. The molecule has 0 saturated carbocycles. The summed E-state index contributed by atoms with van der Waals surface area (Å²) in [7, 11) is 1.77. The third-order valence-corrected chi connectivity index (χ3v) is 13.5. The number of nitrogens with zero attached hydrogens (tertiary/aromatic N) is 11. The van der Waals surface area contributed by atoms with E-state index in [1.54, 1.807) is 30.5 Å². The predicted octanol–water partition coefficient (Wildman–Crippen LogP) is 6.88. The van der Waals surface area contributed by atoms with E-state index in [9.17, 15) is 4.39 Å². The Balaban J connectivity index is 0.000000181. The molecule has 62 heavy (non-hydrogen) atoms. The summed E-state index contributed by atoms with van der Waals surface area (Å²) in [5.74, 6) is 4.14. The molecule has 0 N–H and O–H groups in total. The number of anilines is 4. The molecule has 5 unspecified atom stereocenters. The van der Waals surface area contributed by atoms with Gasteiger partial charge in [-0.1, -0.05) is 61.6 Å². The lowest BCUT2D eigenvalue weighted by molar-refractivity contribution is -0.193. The van der Waals surface area contributed by atoms with Crippen LogP contribution in [0.3, 0.4) is 0 Å². The highest BCUT2D eigenvalue weighted by atomic mass is 79.9. The minimum atomic E-state index is -0.188. The van der Waals surface area contributed by atoms with Crippen LogP contribution in [0.25, 0.3) is 16.3 Å². The van der Waals surface area contributed by atoms with Gasteiger partial charge in [0, 0.05) is 98.5 Å². The molecule has 324 valence electrons. The Labute approximate surface area is 376 Å². The van der Waals surface area contributed by atoms with E-state index in [1.165, 1.54) is 27.7 Å². The van der Waals surface area contributed by atoms with Crippen molar-refractivity contribution in [3.8, 4) is 10.7 Å². The zero-order valence-corrected chi connectivity index (χ0v) is 36.7. The van der Waals surface area contributed by atoms with Crippen molar-refractivity contribution in [2.45, 2.75) is 21.3 Å². The summed E-state index contributed by atoms with van der Waals surface area (Å²) >= 11 is 11.6. The molecule has 4 fully saturated rings. The minimum Gasteiger partial charge on any atom is -0.370 e. The van der Waals surface area contributed by atoms with Crippen LogP contribution in [-0.4, -0.2) is 99.8 Å². The Kier molecular flexibility index (Phi) is 15.2. The monoisotopic (exact) mass is 945 g/mol. The van der Waals surface area contributed by atoms with Crippen molar-refractivity contribution in [1.29, 1.82) is 0 Å². The standard InChI is InChI=1S/C22H22BrFN4.C18H20ClN7S.2CO2.CH4/c1-14-2-3-15(6-14)16-8-25-22(26-9-16)28-12-17-10-27(11-18(17)13-28)21-7-19(24)4-5-20(21)23;1-11-3-4-14(19)15(5-11)25-7-12-9-26(10-13(12)8-25)18-20-6-16(27-18)17-21-23-24(2)22-17;2*2-1-3;/h2-9,14,17-18H,10-13H2,1H3;3-6,12-13H,7-10H2,1-2H3;;;1H4. The first-order chi connectivity index (χ1) is 29.5. The second-order valence-corrected chi connectivity index (χ2v) is 17.9. The largest absolute Gasteiger partial charge is 0.373 e. The lowest BCUT2D eigenvalue weighted by Crippen LogP contribution is -2.29. The Morgan fingerprint density at radius 2 is 1.37 bits per heavy atom. The second kappa shape index (κ2) is 20.5. The Bertz CT molecular complexity index is 2430. The van der Waals surface area contributed by atoms with E-state index in [0.717, 1.165) is 89.1 Å². The van der Waals surface area contributed by atoms with Gasteiger partial charge < -0.3 is 19.6 Å². The van der Waals surface area contributed by atoms with Crippen LogP contribution in [-0.2, 0) is 26.2 Å². The number of allylic oxidation sites excluding steroid dienone is 4. The van der Waals surface area contributed by atoms with Gasteiger partial charge in [-0.25, -0.2) is 19.3 Å². The van der Waals surface area contributed by atoms with Crippen LogP contribution < -0.4 is 19.6 Å². The van der Waals surface area contributed by atoms with Crippen molar-refractivity contribution in [3.05, 3.63) is 99.7 Å². The molecular weight excluding hydrogens is 901 g/mol. The molecule has 2 aromatic carbocycles. The Morgan fingerprint density at radius 3 is 1.94 bits per heavy atom. The molecule has 5 atom stereocenters. The van der Waals surface area contributed by atoms with E-state index < -0.39 is 0 Å². The van der Waals surface area contributed by atoms with Gasteiger partial charge in [0.1, 0.15) is 5.82 Å². The number of rotatable bonds is 6. The number of aromatic nitrogens is 7. The fourth-order valence-corrected chi connectivity index (χ4v) is 10.3. The lowest BCUT2D eigenvalue weighted by atomic mass is 10.0. The molecule has 3 aromatic heterocycles. The average Bonchev–Trinajstić information content (AvgIpc) is 4.09. The molecule has 0 radical (unpaired) electrons. The third kappa shape index (κ3) is 10.5. The van der Waals surface area contributed by atoms with Crippen LogP contribution in [0.5, 0.6) is 0 Å². The van der Waals surface area contributed by atoms with Gasteiger partial charge in [-0.3, -0.25) is 0 Å². The van der Waals surface area contributed by atoms with E-state index in [0.29, 0.717) is 35.4 Å². The number of thiazole rings is 1. The third-order valence-electron chi connectivity index (χ3n) is 11.4. The number of tetrazole rings is 1. The van der Waals surface area contributed by atoms with Gasteiger partial charge in [0.25, 0.3) is 0 Å². The van der Waals surface area contributed by atoms with Gasteiger partial charge in [0.15, 0.2) is 5.13 Å². The number of hydrogen-bond donors (Lipinski definition) is 0. The van der Waals surface area contributed by atoms with E-state index in [1.807, 2.05) is 24.7 Å². The summed E-state index contributed by atoms with van der Waals surface area (Å²) in [5, 5.41) is 14.1. The predicted molar refractivity (Wildman–Crippen MR) is 238 cm³/mol. The van der Waals surface area contributed by atoms with E-state index in [4.69, 9.17) is 30.8 Å². The zero-order valence-electron chi connectivity index (χ0n) is 33.6. The van der Waals surface area contributed by atoms with Gasteiger partial charge in [-0.15, -0.1) is 10.2 Å². The summed E-state index contributed by atoms with van der Waals surface area (Å²) in [5.41, 5.74) is 5.65. The summed E-state index contributed by atoms with van der Waals surface area (Å²) in [4.78, 5) is 58.2. The van der Waals surface area contributed by atoms with Gasteiger partial charge in [-0.05, 0) is 75.5 Å². The van der Waals surface area contributed by atoms with Crippen LogP contribution in [0.15, 0.2) is 77.7 Å². The number of aryl methyl sites for hydroxylation is 2. The Hall–Kier alpha value is -5.64. The highest BCUT2D eigenvalue weighted by Gasteiger charge is 2.42. The summed E-state index contributed by atoms with van der Waals surface area (Å²) in [6.07, 6.45) is 12.8. The fourth-order valence-electron chi connectivity index (χ4n) is 8.67. The van der Waals surface area contributed by atoms with E-state index in [-0.39, 0.29) is 25.5 Å². The summed E-state index contributed by atoms with van der Waals surface area (Å²) in [6, 6.07) is 11.2. The first kappa shape index (κ1) is 45.9. The number of benzene rings is 2. The van der Waals surface area contributed by atoms with Crippen molar-refractivity contribution in [2.75, 3.05) is 72.0 Å². The van der Waals surface area contributed by atoms with Gasteiger partial charge in [-0.2, -0.15) is 24.0 Å². The molecule has 19 heteroatoms. The lowest BCUT2D eigenvalue weighted by Gasteiger charge is -2.24. The van der Waals surface area contributed by atoms with Crippen molar-refractivity contribution in [1.82, 2.24) is 35.2 Å². The van der Waals surface area contributed by atoms with E-state index >= 15 is 0 Å². The molecule has 0 spiro atoms. The molecule has 5 aromatic rings. The molecule has 0 amide bonds. The van der Waals surface area contributed by atoms with Crippen LogP contribution >= 0.6 is 38.9 Å². The first-order valence-electron chi connectivity index (χ1n) is 19.6.